The van der Waals surface area contributed by atoms with Gasteiger partial charge in [0.05, 0.1) is 6.54 Å². The second-order valence-electron chi connectivity index (χ2n) is 9.93. The lowest BCUT2D eigenvalue weighted by molar-refractivity contribution is -0.142. The molecule has 0 spiro atoms. The fourth-order valence-electron chi connectivity index (χ4n) is 4.36. The van der Waals surface area contributed by atoms with E-state index in [2.05, 4.69) is 58.4 Å². The number of nitrogens with one attached hydrogen (secondary N) is 3. The zero-order chi connectivity index (χ0) is 23.8. The average Bonchev–Trinajstić information content (AvgIpc) is 2.79. The first-order chi connectivity index (χ1) is 15.8. The highest BCUT2D eigenvalue weighted by Gasteiger charge is 2.39. The van der Waals surface area contributed by atoms with E-state index in [0.717, 1.165) is 19.4 Å². The third kappa shape index (κ3) is 6.89. The smallest absolute Gasteiger partial charge is 0.246 e. The standard InChI is InChI=1S/C27H38N4O2/c1-27(2,3)25(30-24(32)18-28-4)26(33)31-19-22-13-9-8-12-21(22)16-23(31)17-29-15-14-20-10-6-5-7-11-20/h5-13,23,25,28-29H,14-19H2,1-4H3,(H,30,32). The summed E-state index contributed by atoms with van der Waals surface area (Å²) < 4.78 is 0. The third-order valence-corrected chi connectivity index (χ3v) is 6.21. The molecule has 0 bridgehead atoms. The number of carbonyl (C=O) groups excluding carboxylic acids is 2. The summed E-state index contributed by atoms with van der Waals surface area (Å²) >= 11 is 0. The van der Waals surface area contributed by atoms with Crippen molar-refractivity contribution in [2.45, 2.75) is 52.2 Å². The quantitative estimate of drug-likeness (QED) is 0.514. The van der Waals surface area contributed by atoms with Crippen molar-refractivity contribution in [3.05, 3.63) is 71.3 Å². The van der Waals surface area contributed by atoms with Gasteiger partial charge in [0, 0.05) is 19.1 Å². The fourth-order valence-corrected chi connectivity index (χ4v) is 4.36. The molecule has 0 aliphatic carbocycles. The lowest BCUT2D eigenvalue weighted by atomic mass is 9.84. The first-order valence-corrected chi connectivity index (χ1v) is 11.9. The van der Waals surface area contributed by atoms with Crippen LogP contribution in [0.5, 0.6) is 0 Å². The molecule has 2 aromatic carbocycles. The Hall–Kier alpha value is -2.70. The summed E-state index contributed by atoms with van der Waals surface area (Å²) in [5.41, 5.74) is 3.37. The molecule has 2 amide bonds. The van der Waals surface area contributed by atoms with E-state index in [9.17, 15) is 9.59 Å². The van der Waals surface area contributed by atoms with Gasteiger partial charge in [0.1, 0.15) is 6.04 Å². The average molecular weight is 451 g/mol. The van der Waals surface area contributed by atoms with E-state index in [1.54, 1.807) is 7.05 Å². The van der Waals surface area contributed by atoms with E-state index in [-0.39, 0.29) is 24.4 Å². The van der Waals surface area contributed by atoms with Crippen LogP contribution in [0.1, 0.15) is 37.5 Å². The molecule has 0 radical (unpaired) electrons. The number of rotatable bonds is 9. The summed E-state index contributed by atoms with van der Waals surface area (Å²) in [6.45, 7) is 8.32. The Bertz CT molecular complexity index is 923. The van der Waals surface area contributed by atoms with E-state index in [1.165, 1.54) is 16.7 Å². The van der Waals surface area contributed by atoms with Gasteiger partial charge in [0.2, 0.25) is 11.8 Å². The van der Waals surface area contributed by atoms with Crippen molar-refractivity contribution in [2.24, 2.45) is 5.41 Å². The van der Waals surface area contributed by atoms with Gasteiger partial charge in [-0.05, 0) is 48.5 Å². The van der Waals surface area contributed by atoms with E-state index in [4.69, 9.17) is 0 Å². The first kappa shape index (κ1) is 24.9. The summed E-state index contributed by atoms with van der Waals surface area (Å²) in [4.78, 5) is 28.1. The molecule has 33 heavy (non-hydrogen) atoms. The summed E-state index contributed by atoms with van der Waals surface area (Å²) in [6, 6.07) is 18.2. The predicted molar refractivity (Wildman–Crippen MR) is 133 cm³/mol. The van der Waals surface area contributed by atoms with Gasteiger partial charge < -0.3 is 20.9 Å². The molecule has 1 aliphatic heterocycles. The largest absolute Gasteiger partial charge is 0.343 e. The predicted octanol–water partition coefficient (Wildman–Crippen LogP) is 2.52. The number of amides is 2. The molecule has 3 rings (SSSR count). The molecule has 2 unspecified atom stereocenters. The molecule has 3 N–H and O–H groups in total. The number of likely N-dealkylation sites (N-methyl/N-ethyl adjacent to an activating group) is 1. The first-order valence-electron chi connectivity index (χ1n) is 11.9. The maximum absolute atomic E-state index is 13.8. The number of fused-ring (bicyclic) bond motifs is 1. The second kappa shape index (κ2) is 11.4. The highest BCUT2D eigenvalue weighted by Crippen LogP contribution is 2.28. The van der Waals surface area contributed by atoms with Crippen LogP contribution in [0.2, 0.25) is 0 Å². The monoisotopic (exact) mass is 450 g/mol. The highest BCUT2D eigenvalue weighted by atomic mass is 16.2. The van der Waals surface area contributed by atoms with Crippen LogP contribution in [0, 0.1) is 5.41 Å². The van der Waals surface area contributed by atoms with Crippen LogP contribution < -0.4 is 16.0 Å². The van der Waals surface area contributed by atoms with E-state index < -0.39 is 11.5 Å². The van der Waals surface area contributed by atoms with Gasteiger partial charge in [-0.15, -0.1) is 0 Å². The van der Waals surface area contributed by atoms with Gasteiger partial charge in [-0.25, -0.2) is 0 Å². The topological polar surface area (TPSA) is 73.5 Å². The Balaban J connectivity index is 1.74. The van der Waals surface area contributed by atoms with Gasteiger partial charge in [-0.3, -0.25) is 9.59 Å². The fraction of sp³-hybridized carbons (Fsp3) is 0.481. The molecule has 178 valence electrons. The number of nitrogens with zero attached hydrogens (tertiary/aromatic N) is 1. The molecule has 0 saturated carbocycles. The maximum Gasteiger partial charge on any atom is 0.246 e. The lowest BCUT2D eigenvalue weighted by Gasteiger charge is -2.42. The Kier molecular flexibility index (Phi) is 8.64. The summed E-state index contributed by atoms with van der Waals surface area (Å²) in [5.74, 6) is -0.183. The molecule has 6 heteroatoms. The van der Waals surface area contributed by atoms with Crippen LogP contribution in [-0.4, -0.2) is 55.5 Å². The minimum Gasteiger partial charge on any atom is -0.343 e. The van der Waals surface area contributed by atoms with Crippen LogP contribution >= 0.6 is 0 Å². The Morgan fingerprint density at radius 2 is 1.70 bits per heavy atom. The normalized spacial score (nSPS) is 16.7. The van der Waals surface area contributed by atoms with Crippen molar-refractivity contribution in [1.29, 1.82) is 0 Å². The van der Waals surface area contributed by atoms with Crippen LogP contribution in [0.4, 0.5) is 0 Å². The SMILES string of the molecule is CNCC(=O)NC(C(=O)N1Cc2ccccc2CC1CNCCc1ccccc1)C(C)(C)C. The molecule has 1 aliphatic rings. The van der Waals surface area contributed by atoms with Gasteiger partial charge in [-0.2, -0.15) is 0 Å². The molecule has 6 nitrogen and oxygen atoms in total. The van der Waals surface area contributed by atoms with Crippen molar-refractivity contribution in [1.82, 2.24) is 20.9 Å². The van der Waals surface area contributed by atoms with Crippen molar-refractivity contribution in [3.8, 4) is 0 Å². The van der Waals surface area contributed by atoms with Crippen LogP contribution in [0.15, 0.2) is 54.6 Å². The lowest BCUT2D eigenvalue weighted by Crippen LogP contribution is -2.60. The molecule has 0 fully saturated rings. The van der Waals surface area contributed by atoms with E-state index in [1.807, 2.05) is 37.8 Å². The Labute approximate surface area is 198 Å². The molecular weight excluding hydrogens is 412 g/mol. The van der Waals surface area contributed by atoms with Crippen molar-refractivity contribution in [2.75, 3.05) is 26.7 Å². The van der Waals surface area contributed by atoms with Crippen molar-refractivity contribution in [3.63, 3.8) is 0 Å². The molecule has 1 heterocycles. The third-order valence-electron chi connectivity index (χ3n) is 6.21. The Morgan fingerprint density at radius 1 is 1.03 bits per heavy atom. The second-order valence-corrected chi connectivity index (χ2v) is 9.93. The summed E-state index contributed by atoms with van der Waals surface area (Å²) in [6.07, 6.45) is 1.75. The highest BCUT2D eigenvalue weighted by molar-refractivity contribution is 5.89. The number of carbonyl (C=O) groups is 2. The van der Waals surface area contributed by atoms with Gasteiger partial charge >= 0.3 is 0 Å². The number of benzene rings is 2. The summed E-state index contributed by atoms with van der Waals surface area (Å²) in [5, 5.41) is 9.41. The molecule has 2 atom stereocenters. The van der Waals surface area contributed by atoms with E-state index >= 15 is 0 Å². The maximum atomic E-state index is 13.8. The van der Waals surface area contributed by atoms with Gasteiger partial charge in [0.15, 0.2) is 0 Å². The number of hydrogen-bond donors (Lipinski definition) is 3. The zero-order valence-electron chi connectivity index (χ0n) is 20.4. The minimum absolute atomic E-state index is 0.0173. The Morgan fingerprint density at radius 3 is 2.36 bits per heavy atom. The van der Waals surface area contributed by atoms with Gasteiger partial charge in [0.25, 0.3) is 0 Å². The minimum atomic E-state index is -0.588. The molecule has 0 saturated heterocycles. The molecule has 0 aromatic heterocycles. The number of hydrogen-bond acceptors (Lipinski definition) is 4. The summed E-state index contributed by atoms with van der Waals surface area (Å²) in [7, 11) is 1.73. The van der Waals surface area contributed by atoms with Crippen LogP contribution in [0.3, 0.4) is 0 Å². The molecular formula is C27H38N4O2. The molecule has 2 aromatic rings. The van der Waals surface area contributed by atoms with Crippen LogP contribution in [-0.2, 0) is 29.0 Å². The zero-order valence-corrected chi connectivity index (χ0v) is 20.4. The van der Waals surface area contributed by atoms with Gasteiger partial charge in [-0.1, -0.05) is 75.4 Å². The van der Waals surface area contributed by atoms with Crippen molar-refractivity contribution < 1.29 is 9.59 Å². The van der Waals surface area contributed by atoms with Crippen LogP contribution in [0.25, 0.3) is 0 Å². The van der Waals surface area contributed by atoms with E-state index in [0.29, 0.717) is 13.1 Å². The van der Waals surface area contributed by atoms with Crippen molar-refractivity contribution >= 4 is 11.8 Å².